The number of alkyl halides is 3. The zero-order chi connectivity index (χ0) is 15.2. The van der Waals surface area contributed by atoms with E-state index in [-0.39, 0.29) is 11.7 Å². The summed E-state index contributed by atoms with van der Waals surface area (Å²) in [7, 11) is 0. The Morgan fingerprint density at radius 2 is 2.00 bits per heavy atom. The molecule has 0 saturated carbocycles. The van der Waals surface area contributed by atoms with Crippen LogP contribution in [0.5, 0.6) is 0 Å². The quantitative estimate of drug-likeness (QED) is 0.698. The molecule has 1 aliphatic rings. The predicted molar refractivity (Wildman–Crippen MR) is 75.4 cm³/mol. The van der Waals surface area contributed by atoms with E-state index in [0.717, 1.165) is 35.1 Å². The van der Waals surface area contributed by atoms with Crippen molar-refractivity contribution in [1.82, 2.24) is 0 Å². The zero-order valence-corrected chi connectivity index (χ0v) is 12.2. The van der Waals surface area contributed by atoms with E-state index in [1.54, 1.807) is 6.07 Å². The summed E-state index contributed by atoms with van der Waals surface area (Å²) in [4.78, 5) is 1.10. The minimum Gasteiger partial charge on any atom is -0.376 e. The van der Waals surface area contributed by atoms with Gasteiger partial charge in [-0.1, -0.05) is 11.6 Å². The number of rotatable bonds is 2. The van der Waals surface area contributed by atoms with Crippen LogP contribution in [0.3, 0.4) is 0 Å². The first kappa shape index (κ1) is 14.7. The molecule has 1 nitrogen and oxygen atoms in total. The van der Waals surface area contributed by atoms with Crippen molar-refractivity contribution in [3.05, 3.63) is 50.4 Å². The minimum atomic E-state index is -4.49. The third-order valence-electron chi connectivity index (χ3n) is 3.47. The van der Waals surface area contributed by atoms with Crippen molar-refractivity contribution >= 4 is 28.6 Å². The van der Waals surface area contributed by atoms with Crippen molar-refractivity contribution in [2.24, 2.45) is 0 Å². The zero-order valence-electron chi connectivity index (χ0n) is 10.6. The van der Waals surface area contributed by atoms with Crippen LogP contribution in [-0.2, 0) is 12.6 Å². The van der Waals surface area contributed by atoms with E-state index in [1.807, 2.05) is 0 Å². The summed E-state index contributed by atoms with van der Waals surface area (Å²) in [5.74, 6) is -0.697. The van der Waals surface area contributed by atoms with Crippen LogP contribution < -0.4 is 5.32 Å². The SMILES string of the molecule is Fc1ccc(C(F)(F)F)cc1NC1CCc2sc(Cl)cc21. The van der Waals surface area contributed by atoms with Gasteiger partial charge in [-0.2, -0.15) is 13.2 Å². The standard InChI is InChI=1S/C14H10ClF4NS/c15-13-6-8-10(3-4-12(8)21-13)20-11-5-7(14(17,18)19)1-2-9(11)16/h1-2,5-6,10,20H,3-4H2. The van der Waals surface area contributed by atoms with Gasteiger partial charge in [0.15, 0.2) is 0 Å². The smallest absolute Gasteiger partial charge is 0.376 e. The molecule has 0 saturated heterocycles. The van der Waals surface area contributed by atoms with Crippen LogP contribution in [0.2, 0.25) is 4.34 Å². The second-order valence-electron chi connectivity index (χ2n) is 4.86. The molecule has 0 spiro atoms. The number of fused-ring (bicyclic) bond motifs is 1. The molecule has 3 rings (SSSR count). The molecule has 0 bridgehead atoms. The van der Waals surface area contributed by atoms with Gasteiger partial charge < -0.3 is 5.32 Å². The number of aryl methyl sites for hydroxylation is 1. The fourth-order valence-electron chi connectivity index (χ4n) is 2.48. The van der Waals surface area contributed by atoms with Crippen LogP contribution in [0.1, 0.15) is 28.5 Å². The van der Waals surface area contributed by atoms with E-state index < -0.39 is 17.6 Å². The Hall–Kier alpha value is -1.27. The van der Waals surface area contributed by atoms with E-state index in [1.165, 1.54) is 11.3 Å². The molecule has 0 aliphatic heterocycles. The number of hydrogen-bond acceptors (Lipinski definition) is 2. The van der Waals surface area contributed by atoms with E-state index in [0.29, 0.717) is 10.8 Å². The third-order valence-corrected chi connectivity index (χ3v) is 4.81. The van der Waals surface area contributed by atoms with Gasteiger partial charge in [0.25, 0.3) is 0 Å². The Kier molecular flexibility index (Phi) is 3.61. The fraction of sp³-hybridized carbons (Fsp3) is 0.286. The van der Waals surface area contributed by atoms with Crippen molar-refractivity contribution in [3.8, 4) is 0 Å². The monoisotopic (exact) mass is 335 g/mol. The van der Waals surface area contributed by atoms with Gasteiger partial charge in [0.05, 0.1) is 21.6 Å². The summed E-state index contributed by atoms with van der Waals surface area (Å²) >= 11 is 7.39. The second-order valence-corrected chi connectivity index (χ2v) is 6.63. The average molecular weight is 336 g/mol. The van der Waals surface area contributed by atoms with Gasteiger partial charge in [-0.25, -0.2) is 4.39 Å². The Balaban J connectivity index is 1.89. The highest BCUT2D eigenvalue weighted by molar-refractivity contribution is 7.16. The van der Waals surface area contributed by atoms with Gasteiger partial charge in [-0.05, 0) is 42.7 Å². The van der Waals surface area contributed by atoms with Gasteiger partial charge in [0.2, 0.25) is 0 Å². The van der Waals surface area contributed by atoms with E-state index >= 15 is 0 Å². The van der Waals surface area contributed by atoms with Gasteiger partial charge in [0, 0.05) is 4.88 Å². The summed E-state index contributed by atoms with van der Waals surface area (Å²) < 4.78 is 52.4. The number of anilines is 1. The van der Waals surface area contributed by atoms with Crippen LogP contribution in [0.25, 0.3) is 0 Å². The summed E-state index contributed by atoms with van der Waals surface area (Å²) in [6.07, 6.45) is -2.98. The summed E-state index contributed by atoms with van der Waals surface area (Å²) in [6, 6.07) is 3.96. The maximum absolute atomic E-state index is 13.7. The van der Waals surface area contributed by atoms with Crippen LogP contribution in [-0.4, -0.2) is 0 Å². The first-order valence-corrected chi connectivity index (χ1v) is 7.45. The van der Waals surface area contributed by atoms with Crippen molar-refractivity contribution in [1.29, 1.82) is 0 Å². The van der Waals surface area contributed by atoms with Crippen molar-refractivity contribution < 1.29 is 17.6 Å². The Labute approximate surface area is 127 Å². The highest BCUT2D eigenvalue weighted by Gasteiger charge is 2.32. The largest absolute Gasteiger partial charge is 0.416 e. The Morgan fingerprint density at radius 1 is 1.24 bits per heavy atom. The lowest BCUT2D eigenvalue weighted by atomic mass is 10.1. The molecule has 1 aliphatic carbocycles. The molecular formula is C14H10ClF4NS. The third kappa shape index (κ3) is 2.87. The number of thiophene rings is 1. The molecule has 1 aromatic carbocycles. The molecule has 2 aromatic rings. The molecule has 0 fully saturated rings. The molecular weight excluding hydrogens is 326 g/mol. The molecule has 1 atom stereocenters. The lowest BCUT2D eigenvalue weighted by molar-refractivity contribution is -0.137. The van der Waals surface area contributed by atoms with E-state index in [9.17, 15) is 17.6 Å². The molecule has 7 heteroatoms. The first-order valence-electron chi connectivity index (χ1n) is 6.26. The topological polar surface area (TPSA) is 12.0 Å². The predicted octanol–water partition coefficient (Wildman–Crippen LogP) is 5.66. The summed E-state index contributed by atoms with van der Waals surface area (Å²) in [5, 5.41) is 2.86. The summed E-state index contributed by atoms with van der Waals surface area (Å²) in [6.45, 7) is 0. The Morgan fingerprint density at radius 3 is 2.71 bits per heavy atom. The Bertz CT molecular complexity index is 680. The van der Waals surface area contributed by atoms with E-state index in [4.69, 9.17) is 11.6 Å². The maximum Gasteiger partial charge on any atom is 0.416 e. The first-order chi connectivity index (χ1) is 9.84. The van der Waals surface area contributed by atoms with Crippen molar-refractivity contribution in [2.45, 2.75) is 25.1 Å². The molecule has 1 aromatic heterocycles. The summed E-state index contributed by atoms with van der Waals surface area (Å²) in [5.41, 5.74) is -0.0558. The van der Waals surface area contributed by atoms with E-state index in [2.05, 4.69) is 5.32 Å². The number of benzene rings is 1. The van der Waals surface area contributed by atoms with Crippen molar-refractivity contribution in [2.75, 3.05) is 5.32 Å². The highest BCUT2D eigenvalue weighted by Crippen LogP contribution is 2.41. The van der Waals surface area contributed by atoms with Crippen LogP contribution in [0.15, 0.2) is 24.3 Å². The van der Waals surface area contributed by atoms with Crippen LogP contribution in [0, 0.1) is 5.82 Å². The molecule has 0 amide bonds. The average Bonchev–Trinajstić information content (AvgIpc) is 2.91. The number of hydrogen-bond donors (Lipinski definition) is 1. The number of halogens is 5. The molecule has 1 heterocycles. The van der Waals surface area contributed by atoms with Gasteiger partial charge in [-0.3, -0.25) is 0 Å². The van der Waals surface area contributed by atoms with Gasteiger partial charge >= 0.3 is 6.18 Å². The fourth-order valence-corrected chi connectivity index (χ4v) is 3.84. The molecule has 1 unspecified atom stereocenters. The van der Waals surface area contributed by atoms with Crippen LogP contribution in [0.4, 0.5) is 23.2 Å². The normalized spacial score (nSPS) is 17.9. The van der Waals surface area contributed by atoms with Crippen molar-refractivity contribution in [3.63, 3.8) is 0 Å². The molecule has 1 N–H and O–H groups in total. The molecule has 112 valence electrons. The van der Waals surface area contributed by atoms with Gasteiger partial charge in [-0.15, -0.1) is 11.3 Å². The van der Waals surface area contributed by atoms with Gasteiger partial charge in [0.1, 0.15) is 5.82 Å². The lowest BCUT2D eigenvalue weighted by Gasteiger charge is -2.17. The number of nitrogens with one attached hydrogen (secondary N) is 1. The lowest BCUT2D eigenvalue weighted by Crippen LogP contribution is -2.11. The van der Waals surface area contributed by atoms with Crippen LogP contribution >= 0.6 is 22.9 Å². The highest BCUT2D eigenvalue weighted by atomic mass is 35.5. The molecule has 21 heavy (non-hydrogen) atoms. The minimum absolute atomic E-state index is 0.134. The second kappa shape index (κ2) is 5.18. The maximum atomic E-state index is 13.7. The molecule has 0 radical (unpaired) electrons.